The Hall–Kier alpha value is -1.17. The number of alkyl halides is 5. The molecule has 0 spiro atoms. The number of rotatable bonds is 5. The van der Waals surface area contributed by atoms with Crippen molar-refractivity contribution in [1.82, 2.24) is 0 Å². The second-order valence-corrected chi connectivity index (χ2v) is 4.15. The Kier molecular flexibility index (Phi) is 4.90. The molecule has 0 amide bonds. The molecule has 1 unspecified atom stereocenters. The first kappa shape index (κ1) is 15.9. The Morgan fingerprint density at radius 3 is 2.32 bits per heavy atom. The lowest BCUT2D eigenvalue weighted by Crippen LogP contribution is -2.36. The number of benzene rings is 1. The second kappa shape index (κ2) is 5.86. The Balaban J connectivity index is 2.94. The summed E-state index contributed by atoms with van der Waals surface area (Å²) < 4.78 is 69.5. The Morgan fingerprint density at radius 2 is 1.84 bits per heavy atom. The summed E-state index contributed by atoms with van der Waals surface area (Å²) in [6.45, 7) is 3.34. The molecule has 1 aromatic rings. The summed E-state index contributed by atoms with van der Waals surface area (Å²) in [5.74, 6) is -3.26. The lowest BCUT2D eigenvalue weighted by molar-refractivity contribution is -0.138. The average Bonchev–Trinajstić information content (AvgIpc) is 2.28. The zero-order valence-corrected chi connectivity index (χ0v) is 10.3. The van der Waals surface area contributed by atoms with E-state index in [-0.39, 0.29) is 12.0 Å². The lowest BCUT2D eigenvalue weighted by atomic mass is 9.99. The number of ether oxygens (including phenoxy) is 1. The quantitative estimate of drug-likeness (QED) is 0.738. The van der Waals surface area contributed by atoms with E-state index in [1.165, 1.54) is 6.07 Å². The molecular formula is C13H14F5O. The van der Waals surface area contributed by atoms with Crippen LogP contribution in [0.5, 0.6) is 0 Å². The monoisotopic (exact) mass is 281 g/mol. The van der Waals surface area contributed by atoms with E-state index in [0.717, 1.165) is 25.3 Å². The molecule has 1 atom stereocenters. The van der Waals surface area contributed by atoms with Gasteiger partial charge in [0.1, 0.15) is 6.10 Å². The molecule has 0 aliphatic carbocycles. The summed E-state index contributed by atoms with van der Waals surface area (Å²) >= 11 is 0. The van der Waals surface area contributed by atoms with E-state index in [4.69, 9.17) is 0 Å². The van der Waals surface area contributed by atoms with Gasteiger partial charge in [-0.25, -0.2) is 8.78 Å². The third kappa shape index (κ3) is 4.16. The van der Waals surface area contributed by atoms with Crippen molar-refractivity contribution in [2.75, 3.05) is 7.11 Å². The molecule has 6 heteroatoms. The molecule has 0 N–H and O–H groups in total. The number of methoxy groups -OCH3 is 1. The van der Waals surface area contributed by atoms with E-state index in [1.54, 1.807) is 0 Å². The predicted molar refractivity (Wildman–Crippen MR) is 60.9 cm³/mol. The molecule has 0 saturated carbocycles. The molecule has 1 radical (unpaired) electrons. The normalized spacial score (nSPS) is 14.5. The van der Waals surface area contributed by atoms with Crippen LogP contribution in [0.25, 0.3) is 0 Å². The van der Waals surface area contributed by atoms with Gasteiger partial charge in [-0.2, -0.15) is 13.2 Å². The van der Waals surface area contributed by atoms with Crippen LogP contribution in [0, 0.1) is 6.92 Å². The Morgan fingerprint density at radius 1 is 1.21 bits per heavy atom. The molecule has 1 aromatic carbocycles. The van der Waals surface area contributed by atoms with Gasteiger partial charge in [-0.1, -0.05) is 25.1 Å². The summed E-state index contributed by atoms with van der Waals surface area (Å²) in [6.07, 6.45) is -6.94. The van der Waals surface area contributed by atoms with Crippen LogP contribution >= 0.6 is 0 Å². The fourth-order valence-corrected chi connectivity index (χ4v) is 1.75. The van der Waals surface area contributed by atoms with Crippen LogP contribution in [-0.4, -0.2) is 19.1 Å². The summed E-state index contributed by atoms with van der Waals surface area (Å²) in [6, 6.07) is 3.92. The highest BCUT2D eigenvalue weighted by atomic mass is 19.4. The third-order valence-electron chi connectivity index (χ3n) is 2.71. The highest BCUT2D eigenvalue weighted by molar-refractivity contribution is 5.26. The summed E-state index contributed by atoms with van der Waals surface area (Å²) in [4.78, 5) is 0. The van der Waals surface area contributed by atoms with Crippen molar-refractivity contribution in [3.8, 4) is 0 Å². The number of hydrogen-bond acceptors (Lipinski definition) is 1. The maximum absolute atomic E-state index is 13.8. The van der Waals surface area contributed by atoms with E-state index in [1.807, 2.05) is 0 Å². The standard InChI is InChI=1S/C13H14F5O/c1-3-11(19-2)12(14,15)8-9-5-4-6-10(7-9)13(16,17)18/h4-7,11H,1,3,8H2,2H3. The Labute approximate surface area is 108 Å². The van der Waals surface area contributed by atoms with Gasteiger partial charge < -0.3 is 4.74 Å². The van der Waals surface area contributed by atoms with Gasteiger partial charge >= 0.3 is 6.18 Å². The van der Waals surface area contributed by atoms with Gasteiger partial charge in [-0.3, -0.25) is 0 Å². The molecule has 0 aliphatic rings. The van der Waals surface area contributed by atoms with Crippen LogP contribution in [0.4, 0.5) is 22.0 Å². The molecule has 0 bridgehead atoms. The molecule has 0 heterocycles. The van der Waals surface area contributed by atoms with Crippen molar-refractivity contribution in [2.24, 2.45) is 0 Å². The Bertz CT molecular complexity index is 410. The highest BCUT2D eigenvalue weighted by Gasteiger charge is 2.39. The molecule has 19 heavy (non-hydrogen) atoms. The van der Waals surface area contributed by atoms with E-state index in [9.17, 15) is 22.0 Å². The fraction of sp³-hybridized carbons (Fsp3) is 0.462. The van der Waals surface area contributed by atoms with Crippen LogP contribution in [0.15, 0.2) is 24.3 Å². The van der Waals surface area contributed by atoms with E-state index in [2.05, 4.69) is 11.7 Å². The van der Waals surface area contributed by atoms with Crippen molar-refractivity contribution in [1.29, 1.82) is 0 Å². The first-order chi connectivity index (χ1) is 8.70. The zero-order valence-electron chi connectivity index (χ0n) is 10.3. The first-order valence-electron chi connectivity index (χ1n) is 5.56. The van der Waals surface area contributed by atoms with Crippen molar-refractivity contribution in [2.45, 2.75) is 31.0 Å². The minimum atomic E-state index is -4.54. The molecule has 0 saturated heterocycles. The van der Waals surface area contributed by atoms with Crippen molar-refractivity contribution < 1.29 is 26.7 Å². The minimum absolute atomic E-state index is 0.0877. The van der Waals surface area contributed by atoms with Gasteiger partial charge in [0.05, 0.1) is 5.56 Å². The van der Waals surface area contributed by atoms with Crippen molar-refractivity contribution in [3.05, 3.63) is 42.3 Å². The fourth-order valence-electron chi connectivity index (χ4n) is 1.75. The van der Waals surface area contributed by atoms with E-state index >= 15 is 0 Å². The summed E-state index contributed by atoms with van der Waals surface area (Å²) in [5, 5.41) is 0. The average molecular weight is 281 g/mol. The van der Waals surface area contributed by atoms with Gasteiger partial charge in [0.15, 0.2) is 0 Å². The molecular weight excluding hydrogens is 267 g/mol. The molecule has 0 fully saturated rings. The molecule has 0 aromatic heterocycles. The van der Waals surface area contributed by atoms with E-state index in [0.29, 0.717) is 0 Å². The third-order valence-corrected chi connectivity index (χ3v) is 2.71. The largest absolute Gasteiger partial charge is 0.416 e. The van der Waals surface area contributed by atoms with Crippen molar-refractivity contribution in [3.63, 3.8) is 0 Å². The molecule has 0 aliphatic heterocycles. The van der Waals surface area contributed by atoms with Crippen molar-refractivity contribution >= 4 is 0 Å². The lowest BCUT2D eigenvalue weighted by Gasteiger charge is -2.25. The maximum Gasteiger partial charge on any atom is 0.416 e. The van der Waals surface area contributed by atoms with Crippen LogP contribution < -0.4 is 0 Å². The second-order valence-electron chi connectivity index (χ2n) is 4.15. The predicted octanol–water partition coefficient (Wildman–Crippen LogP) is 4.12. The van der Waals surface area contributed by atoms with Crippen LogP contribution in [-0.2, 0) is 17.3 Å². The summed E-state index contributed by atoms with van der Waals surface area (Å²) in [5.41, 5.74) is -1.03. The highest BCUT2D eigenvalue weighted by Crippen LogP contribution is 2.32. The molecule has 107 valence electrons. The van der Waals surface area contributed by atoms with Gasteiger partial charge in [0, 0.05) is 13.5 Å². The van der Waals surface area contributed by atoms with Crippen LogP contribution in [0.1, 0.15) is 17.5 Å². The minimum Gasteiger partial charge on any atom is -0.375 e. The van der Waals surface area contributed by atoms with Crippen LogP contribution in [0.2, 0.25) is 0 Å². The van der Waals surface area contributed by atoms with Gasteiger partial charge in [-0.15, -0.1) is 0 Å². The van der Waals surface area contributed by atoms with Gasteiger partial charge in [-0.05, 0) is 18.1 Å². The van der Waals surface area contributed by atoms with Gasteiger partial charge in [0.2, 0.25) is 0 Å². The maximum atomic E-state index is 13.8. The topological polar surface area (TPSA) is 9.23 Å². The zero-order chi connectivity index (χ0) is 14.7. The molecule has 1 nitrogen and oxygen atoms in total. The summed E-state index contributed by atoms with van der Waals surface area (Å²) in [7, 11) is 1.12. The number of halogens is 5. The first-order valence-corrected chi connectivity index (χ1v) is 5.56. The van der Waals surface area contributed by atoms with Crippen LogP contribution in [0.3, 0.4) is 0 Å². The molecule has 1 rings (SSSR count). The SMILES string of the molecule is [CH2]CC(OC)C(F)(F)Cc1cccc(C(F)(F)F)c1. The van der Waals surface area contributed by atoms with Gasteiger partial charge in [0.25, 0.3) is 5.92 Å². The smallest absolute Gasteiger partial charge is 0.375 e. The van der Waals surface area contributed by atoms with E-state index < -0.39 is 30.2 Å². The number of hydrogen-bond donors (Lipinski definition) is 0.